The lowest BCUT2D eigenvalue weighted by molar-refractivity contribution is -0.669. The zero-order valence-electron chi connectivity index (χ0n) is 25.5. The van der Waals surface area contributed by atoms with Gasteiger partial charge in [0, 0.05) is 23.1 Å². The van der Waals surface area contributed by atoms with Gasteiger partial charge >= 0.3 is 0 Å². The Morgan fingerprint density at radius 2 is 1.57 bits per heavy atom. The largest absolute Gasteiger partial charge is 0.244 e. The highest BCUT2D eigenvalue weighted by molar-refractivity contribution is 6.01. The predicted octanol–water partition coefficient (Wildman–Crippen LogP) is 8.88. The SMILES string of the molecule is C/C=C1/c2cc(C(C)(C)C)ccc2-c2cc3c(cc2-c2cc(C#N)cc[n+]2N1C)-c1ccc2ccccc2c1C3(C)C. The molecule has 42 heavy (non-hydrogen) atoms. The molecule has 0 unspecified atom stereocenters. The summed E-state index contributed by atoms with van der Waals surface area (Å²) in [5.41, 5.74) is 14.0. The second-order valence-electron chi connectivity index (χ2n) is 13.2. The molecule has 1 aliphatic heterocycles. The van der Waals surface area contributed by atoms with Crippen LogP contribution in [0.5, 0.6) is 0 Å². The Hall–Kier alpha value is -4.68. The summed E-state index contributed by atoms with van der Waals surface area (Å²) >= 11 is 0. The van der Waals surface area contributed by atoms with E-state index in [1.54, 1.807) is 0 Å². The zero-order valence-corrected chi connectivity index (χ0v) is 25.5. The molecule has 7 rings (SSSR count). The maximum absolute atomic E-state index is 9.91. The number of rotatable bonds is 0. The molecule has 4 aromatic carbocycles. The Balaban J connectivity index is 1.63. The second kappa shape index (κ2) is 8.91. The average Bonchev–Trinajstić information content (AvgIpc) is 3.21. The van der Waals surface area contributed by atoms with Crippen LogP contribution in [-0.4, -0.2) is 7.05 Å². The van der Waals surface area contributed by atoms with Gasteiger partial charge in [-0.2, -0.15) is 10.3 Å². The fourth-order valence-electron chi connectivity index (χ4n) is 7.19. The number of hydrogen-bond acceptors (Lipinski definition) is 2. The van der Waals surface area contributed by atoms with Crippen LogP contribution in [0.2, 0.25) is 0 Å². The van der Waals surface area contributed by atoms with E-state index in [2.05, 4.69) is 137 Å². The number of hydrogen-bond donors (Lipinski definition) is 0. The third kappa shape index (κ3) is 3.61. The molecule has 0 atom stereocenters. The first-order valence-electron chi connectivity index (χ1n) is 14.8. The Bertz CT molecular complexity index is 2030. The first-order chi connectivity index (χ1) is 20.0. The highest BCUT2D eigenvalue weighted by Crippen LogP contribution is 2.54. The minimum atomic E-state index is -0.168. The van der Waals surface area contributed by atoms with Crippen LogP contribution in [0.15, 0.2) is 91.1 Å². The van der Waals surface area contributed by atoms with E-state index in [0.717, 1.165) is 17.0 Å². The molecule has 0 bridgehead atoms. The van der Waals surface area contributed by atoms with Crippen molar-refractivity contribution in [3.8, 4) is 39.6 Å². The van der Waals surface area contributed by atoms with E-state index in [0.29, 0.717) is 5.56 Å². The number of pyridine rings is 1. The normalized spacial score (nSPS) is 15.7. The maximum atomic E-state index is 9.91. The fourth-order valence-corrected chi connectivity index (χ4v) is 7.19. The van der Waals surface area contributed by atoms with E-state index in [1.165, 1.54) is 55.3 Å². The minimum Gasteiger partial charge on any atom is -0.192 e. The molecule has 206 valence electrons. The molecule has 0 saturated carbocycles. The van der Waals surface area contributed by atoms with E-state index in [1.807, 2.05) is 18.3 Å². The van der Waals surface area contributed by atoms with Gasteiger partial charge < -0.3 is 0 Å². The summed E-state index contributed by atoms with van der Waals surface area (Å²) in [5, 5.41) is 14.7. The standard InChI is InChI=1S/C39H36N3/c1-8-35-32-20-26(38(2,3)4)14-16-28(32)30-22-34-31(21-33(30)36-19-24(23-40)17-18-42(36)41(35)7)29-15-13-25-11-9-10-12-27(25)37(29)39(34,5)6/h8-22H,1-7H3/q+1/b35-8-. The van der Waals surface area contributed by atoms with E-state index >= 15 is 0 Å². The van der Waals surface area contributed by atoms with Crippen molar-refractivity contribution in [2.45, 2.75) is 52.4 Å². The molecule has 0 amide bonds. The third-order valence-corrected chi connectivity index (χ3v) is 9.41. The molecule has 3 nitrogen and oxygen atoms in total. The minimum absolute atomic E-state index is 0.0209. The van der Waals surface area contributed by atoms with Crippen LogP contribution in [0.1, 0.15) is 69.4 Å². The van der Waals surface area contributed by atoms with Crippen LogP contribution in [0.3, 0.4) is 0 Å². The van der Waals surface area contributed by atoms with Crippen molar-refractivity contribution in [1.29, 1.82) is 5.26 Å². The van der Waals surface area contributed by atoms with E-state index in [-0.39, 0.29) is 10.8 Å². The molecule has 0 saturated heterocycles. The van der Waals surface area contributed by atoms with Gasteiger partial charge in [-0.05, 0) is 80.3 Å². The van der Waals surface area contributed by atoms with E-state index < -0.39 is 0 Å². The zero-order chi connectivity index (χ0) is 29.6. The monoisotopic (exact) mass is 546 g/mol. The van der Waals surface area contributed by atoms with E-state index in [9.17, 15) is 5.26 Å². The second-order valence-corrected chi connectivity index (χ2v) is 13.2. The van der Waals surface area contributed by atoms with Crippen LogP contribution in [0.4, 0.5) is 0 Å². The van der Waals surface area contributed by atoms with E-state index in [4.69, 9.17) is 0 Å². The van der Waals surface area contributed by atoms with Crippen molar-refractivity contribution in [3.63, 3.8) is 0 Å². The lowest BCUT2D eigenvalue weighted by Gasteiger charge is -2.29. The quantitative estimate of drug-likeness (QED) is 0.182. The lowest BCUT2D eigenvalue weighted by Crippen LogP contribution is -2.55. The first-order valence-corrected chi connectivity index (χ1v) is 14.8. The van der Waals surface area contributed by atoms with Crippen molar-refractivity contribution in [2.24, 2.45) is 0 Å². The van der Waals surface area contributed by atoms with Crippen molar-refractivity contribution >= 4 is 16.5 Å². The Kier molecular flexibility index (Phi) is 5.56. The van der Waals surface area contributed by atoms with Gasteiger partial charge in [0.15, 0.2) is 0 Å². The smallest absolute Gasteiger partial charge is 0.192 e. The van der Waals surface area contributed by atoms with Gasteiger partial charge in [-0.15, -0.1) is 0 Å². The molecule has 1 aliphatic carbocycles. The van der Waals surface area contributed by atoms with Gasteiger partial charge in [0.1, 0.15) is 5.70 Å². The number of nitriles is 1. The summed E-state index contributed by atoms with van der Waals surface area (Å²) in [4.78, 5) is 0. The van der Waals surface area contributed by atoms with Gasteiger partial charge in [0.2, 0.25) is 11.9 Å². The molecule has 2 aliphatic rings. The predicted molar refractivity (Wildman–Crippen MR) is 174 cm³/mol. The number of allylic oxidation sites excluding steroid dienone is 1. The van der Waals surface area contributed by atoms with Crippen LogP contribution in [0, 0.1) is 11.3 Å². The number of nitrogens with zero attached hydrogens (tertiary/aromatic N) is 3. The molecule has 0 radical (unpaired) electrons. The van der Waals surface area contributed by atoms with Crippen LogP contribution < -0.4 is 9.69 Å². The first kappa shape index (κ1) is 26.2. The van der Waals surface area contributed by atoms with Crippen molar-refractivity contribution in [3.05, 3.63) is 119 Å². The number of fused-ring (bicyclic) bond motifs is 10. The number of aromatic nitrogens is 1. The van der Waals surface area contributed by atoms with Gasteiger partial charge in [-0.3, -0.25) is 0 Å². The highest BCUT2D eigenvalue weighted by atomic mass is 15.5. The lowest BCUT2D eigenvalue weighted by atomic mass is 9.78. The fraction of sp³-hybridized carbons (Fsp3) is 0.231. The van der Waals surface area contributed by atoms with Crippen molar-refractivity contribution in [1.82, 2.24) is 0 Å². The third-order valence-electron chi connectivity index (χ3n) is 9.41. The van der Waals surface area contributed by atoms with Crippen molar-refractivity contribution in [2.75, 3.05) is 12.1 Å². The summed E-state index contributed by atoms with van der Waals surface area (Å²) in [7, 11) is 2.11. The maximum Gasteiger partial charge on any atom is 0.244 e. The van der Waals surface area contributed by atoms with Crippen LogP contribution in [-0.2, 0) is 10.8 Å². The summed E-state index contributed by atoms with van der Waals surface area (Å²) in [6.07, 6.45) is 4.23. The molecule has 2 heterocycles. The van der Waals surface area contributed by atoms with Crippen molar-refractivity contribution < 1.29 is 4.68 Å². The highest BCUT2D eigenvalue weighted by Gasteiger charge is 2.40. The van der Waals surface area contributed by atoms with Gasteiger partial charge in [0.25, 0.3) is 0 Å². The van der Waals surface area contributed by atoms with Crippen LogP contribution >= 0.6 is 0 Å². The molecule has 0 spiro atoms. The summed E-state index contributed by atoms with van der Waals surface area (Å²) < 4.78 is 2.19. The Labute approximate surface area is 249 Å². The molecular weight excluding hydrogens is 510 g/mol. The molecule has 0 N–H and O–H groups in total. The molecular formula is C39H36N3+. The van der Waals surface area contributed by atoms with Crippen LogP contribution in [0.25, 0.3) is 50.0 Å². The Morgan fingerprint density at radius 3 is 2.31 bits per heavy atom. The topological polar surface area (TPSA) is 30.9 Å². The summed E-state index contributed by atoms with van der Waals surface area (Å²) in [5.74, 6) is 0. The van der Waals surface area contributed by atoms with Gasteiger partial charge in [-0.1, -0.05) is 93.9 Å². The molecule has 1 aromatic heterocycles. The number of benzene rings is 4. The summed E-state index contributed by atoms with van der Waals surface area (Å²) in [6.45, 7) is 13.7. The average molecular weight is 547 g/mol. The Morgan fingerprint density at radius 1 is 0.810 bits per heavy atom. The van der Waals surface area contributed by atoms with Gasteiger partial charge in [0.05, 0.1) is 24.2 Å². The molecule has 0 fully saturated rings. The summed E-state index contributed by atoms with van der Waals surface area (Å²) in [6, 6.07) is 31.4. The molecule has 5 aromatic rings. The van der Waals surface area contributed by atoms with Gasteiger partial charge in [-0.25, -0.2) is 0 Å². The molecule has 3 heteroatoms.